The molecule has 1 aliphatic rings. The van der Waals surface area contributed by atoms with Gasteiger partial charge in [-0.15, -0.1) is 11.3 Å². The lowest BCUT2D eigenvalue weighted by Gasteiger charge is -2.17. The Morgan fingerprint density at radius 3 is 2.86 bits per heavy atom. The van der Waals surface area contributed by atoms with Gasteiger partial charge in [0.2, 0.25) is 5.91 Å². The largest absolute Gasteiger partial charge is 0.326 e. The van der Waals surface area contributed by atoms with E-state index in [1.165, 1.54) is 10.4 Å². The Kier molecular flexibility index (Phi) is 3.98. The number of fused-ring (bicyclic) bond motifs is 1. The molecule has 0 aliphatic carbocycles. The van der Waals surface area contributed by atoms with Crippen LogP contribution in [0.25, 0.3) is 0 Å². The van der Waals surface area contributed by atoms with Crippen LogP contribution in [0.2, 0.25) is 0 Å². The highest BCUT2D eigenvalue weighted by Crippen LogP contribution is 2.27. The molecule has 2 heterocycles. The van der Waals surface area contributed by atoms with Crippen molar-refractivity contribution in [2.24, 2.45) is 0 Å². The van der Waals surface area contributed by atoms with E-state index in [9.17, 15) is 9.59 Å². The van der Waals surface area contributed by atoms with Crippen LogP contribution in [0.1, 0.15) is 39.0 Å². The molecule has 0 radical (unpaired) electrons. The van der Waals surface area contributed by atoms with E-state index in [-0.39, 0.29) is 11.8 Å². The first-order chi connectivity index (χ1) is 10.6. The van der Waals surface area contributed by atoms with Gasteiger partial charge in [0.25, 0.3) is 5.91 Å². The Morgan fingerprint density at radius 1 is 1.32 bits per heavy atom. The summed E-state index contributed by atoms with van der Waals surface area (Å²) in [7, 11) is 0. The van der Waals surface area contributed by atoms with E-state index >= 15 is 0 Å². The SMILES string of the molecule is CCc1sc(C(=O)Nc2ccc3c(c2)CCC(=O)N3)cc1C. The van der Waals surface area contributed by atoms with Crippen molar-refractivity contribution < 1.29 is 9.59 Å². The summed E-state index contributed by atoms with van der Waals surface area (Å²) in [6, 6.07) is 7.55. The lowest BCUT2D eigenvalue weighted by molar-refractivity contribution is -0.116. The maximum atomic E-state index is 12.3. The molecule has 0 bridgehead atoms. The van der Waals surface area contributed by atoms with Gasteiger partial charge in [0.15, 0.2) is 0 Å². The minimum atomic E-state index is -0.0763. The highest BCUT2D eigenvalue weighted by Gasteiger charge is 2.16. The maximum Gasteiger partial charge on any atom is 0.265 e. The van der Waals surface area contributed by atoms with Crippen LogP contribution in [0.3, 0.4) is 0 Å². The van der Waals surface area contributed by atoms with Gasteiger partial charge in [0.05, 0.1) is 4.88 Å². The first kappa shape index (κ1) is 14.8. The molecule has 2 amide bonds. The number of rotatable bonds is 3. The monoisotopic (exact) mass is 314 g/mol. The summed E-state index contributed by atoms with van der Waals surface area (Å²) in [5.41, 5.74) is 3.85. The summed E-state index contributed by atoms with van der Waals surface area (Å²) in [5.74, 6) is -0.0296. The lowest BCUT2D eigenvalue weighted by Crippen LogP contribution is -2.19. The van der Waals surface area contributed by atoms with Gasteiger partial charge in [0.1, 0.15) is 0 Å². The number of anilines is 2. The molecule has 5 heteroatoms. The summed E-state index contributed by atoms with van der Waals surface area (Å²) < 4.78 is 0. The smallest absolute Gasteiger partial charge is 0.265 e. The van der Waals surface area contributed by atoms with Crippen molar-refractivity contribution in [1.29, 1.82) is 0 Å². The summed E-state index contributed by atoms with van der Waals surface area (Å²) >= 11 is 1.55. The fraction of sp³-hybridized carbons (Fsp3) is 0.294. The van der Waals surface area contributed by atoms with Gasteiger partial charge >= 0.3 is 0 Å². The third-order valence-corrected chi connectivity index (χ3v) is 5.20. The number of amides is 2. The van der Waals surface area contributed by atoms with Crippen LogP contribution >= 0.6 is 11.3 Å². The zero-order chi connectivity index (χ0) is 15.7. The fourth-order valence-corrected chi connectivity index (χ4v) is 3.65. The lowest BCUT2D eigenvalue weighted by atomic mass is 10.0. The molecule has 1 aliphatic heterocycles. The topological polar surface area (TPSA) is 58.2 Å². The Labute approximate surface area is 133 Å². The average molecular weight is 314 g/mol. The molecule has 2 aromatic rings. The van der Waals surface area contributed by atoms with Crippen LogP contribution in [0.15, 0.2) is 24.3 Å². The van der Waals surface area contributed by atoms with Crippen molar-refractivity contribution in [3.8, 4) is 0 Å². The average Bonchev–Trinajstić information content (AvgIpc) is 2.88. The minimum Gasteiger partial charge on any atom is -0.326 e. The second kappa shape index (κ2) is 5.93. The standard InChI is InChI=1S/C17H18N2O2S/c1-3-14-10(2)8-15(22-14)17(21)18-12-5-6-13-11(9-12)4-7-16(20)19-13/h5-6,8-9H,3-4,7H2,1-2H3,(H,18,21)(H,19,20). The van der Waals surface area contributed by atoms with Gasteiger partial charge < -0.3 is 10.6 Å². The number of aryl methyl sites for hydroxylation is 3. The first-order valence-corrected chi connectivity index (χ1v) is 8.22. The van der Waals surface area contributed by atoms with Crippen LogP contribution in [-0.4, -0.2) is 11.8 Å². The Balaban J connectivity index is 1.78. The number of nitrogens with one attached hydrogen (secondary N) is 2. The number of hydrogen-bond acceptors (Lipinski definition) is 3. The molecule has 1 aromatic heterocycles. The Hall–Kier alpha value is -2.14. The Morgan fingerprint density at radius 2 is 2.14 bits per heavy atom. The number of hydrogen-bond donors (Lipinski definition) is 2. The summed E-state index contributed by atoms with van der Waals surface area (Å²) in [6.07, 6.45) is 2.15. The Bertz CT molecular complexity index is 749. The van der Waals surface area contributed by atoms with Crippen LogP contribution in [-0.2, 0) is 17.6 Å². The first-order valence-electron chi connectivity index (χ1n) is 7.40. The van der Waals surface area contributed by atoms with Crippen molar-refractivity contribution in [1.82, 2.24) is 0 Å². The molecule has 0 saturated heterocycles. The van der Waals surface area contributed by atoms with E-state index in [2.05, 4.69) is 17.6 Å². The van der Waals surface area contributed by atoms with Crippen LogP contribution in [0.4, 0.5) is 11.4 Å². The second-order valence-electron chi connectivity index (χ2n) is 5.44. The third-order valence-electron chi connectivity index (χ3n) is 3.82. The van der Waals surface area contributed by atoms with Gasteiger partial charge in [-0.1, -0.05) is 6.92 Å². The number of benzene rings is 1. The van der Waals surface area contributed by atoms with Crippen LogP contribution in [0.5, 0.6) is 0 Å². The van der Waals surface area contributed by atoms with Gasteiger partial charge in [-0.05, 0) is 55.2 Å². The summed E-state index contributed by atoms with van der Waals surface area (Å²) in [6.45, 7) is 4.13. The number of carbonyl (C=O) groups is 2. The summed E-state index contributed by atoms with van der Waals surface area (Å²) in [4.78, 5) is 25.7. The van der Waals surface area contributed by atoms with E-state index in [0.29, 0.717) is 12.8 Å². The van der Waals surface area contributed by atoms with Gasteiger partial charge in [-0.2, -0.15) is 0 Å². The van der Waals surface area contributed by atoms with Crippen LogP contribution in [0, 0.1) is 6.92 Å². The molecule has 0 spiro atoms. The highest BCUT2D eigenvalue weighted by atomic mass is 32.1. The predicted molar refractivity (Wildman–Crippen MR) is 89.8 cm³/mol. The number of carbonyl (C=O) groups excluding carboxylic acids is 2. The summed E-state index contributed by atoms with van der Waals surface area (Å²) in [5, 5.41) is 5.78. The van der Waals surface area contributed by atoms with Crippen molar-refractivity contribution in [3.63, 3.8) is 0 Å². The minimum absolute atomic E-state index is 0.0467. The molecule has 0 atom stereocenters. The number of thiophene rings is 1. The van der Waals surface area contributed by atoms with E-state index < -0.39 is 0 Å². The van der Waals surface area contributed by atoms with E-state index in [1.54, 1.807) is 11.3 Å². The van der Waals surface area contributed by atoms with Gasteiger partial charge in [0, 0.05) is 22.7 Å². The normalized spacial score (nSPS) is 13.5. The maximum absolute atomic E-state index is 12.3. The van der Waals surface area contributed by atoms with Crippen molar-refractivity contribution in [2.45, 2.75) is 33.1 Å². The molecule has 0 saturated carbocycles. The molecule has 22 heavy (non-hydrogen) atoms. The molecular weight excluding hydrogens is 296 g/mol. The van der Waals surface area contributed by atoms with Crippen molar-refractivity contribution in [2.75, 3.05) is 10.6 Å². The molecule has 0 fully saturated rings. The van der Waals surface area contributed by atoms with E-state index in [1.807, 2.05) is 31.2 Å². The molecular formula is C17H18N2O2S. The second-order valence-corrected chi connectivity index (χ2v) is 6.58. The van der Waals surface area contributed by atoms with E-state index in [0.717, 1.165) is 28.2 Å². The zero-order valence-electron chi connectivity index (χ0n) is 12.7. The molecule has 3 rings (SSSR count). The molecule has 0 unspecified atom stereocenters. The van der Waals surface area contributed by atoms with Crippen molar-refractivity contribution in [3.05, 3.63) is 45.1 Å². The molecule has 114 valence electrons. The predicted octanol–water partition coefficient (Wildman–Crippen LogP) is 3.76. The molecule has 1 aromatic carbocycles. The highest BCUT2D eigenvalue weighted by molar-refractivity contribution is 7.14. The quantitative estimate of drug-likeness (QED) is 0.906. The van der Waals surface area contributed by atoms with Gasteiger partial charge in [-0.25, -0.2) is 0 Å². The van der Waals surface area contributed by atoms with E-state index in [4.69, 9.17) is 0 Å². The fourth-order valence-electron chi connectivity index (χ4n) is 2.64. The molecule has 2 N–H and O–H groups in total. The van der Waals surface area contributed by atoms with Crippen molar-refractivity contribution >= 4 is 34.5 Å². The van der Waals surface area contributed by atoms with Gasteiger partial charge in [-0.3, -0.25) is 9.59 Å². The third kappa shape index (κ3) is 2.90. The molecule has 4 nitrogen and oxygen atoms in total. The zero-order valence-corrected chi connectivity index (χ0v) is 13.5. The van der Waals surface area contributed by atoms with Crippen LogP contribution < -0.4 is 10.6 Å².